The van der Waals surface area contributed by atoms with Crippen molar-refractivity contribution in [2.24, 2.45) is 17.6 Å². The average Bonchev–Trinajstić information content (AvgIpc) is 2.89. The molecule has 1 aromatic rings. The van der Waals surface area contributed by atoms with Crippen LogP contribution in [0.15, 0.2) is 18.2 Å². The second-order valence-corrected chi connectivity index (χ2v) is 10.7. The molecule has 4 atom stereocenters. The van der Waals surface area contributed by atoms with E-state index in [-0.39, 0.29) is 54.9 Å². The van der Waals surface area contributed by atoms with Crippen molar-refractivity contribution in [1.29, 1.82) is 0 Å². The molecule has 0 aliphatic heterocycles. The second-order valence-electron chi connectivity index (χ2n) is 10.7. The molecule has 0 heterocycles. The van der Waals surface area contributed by atoms with E-state index in [9.17, 15) is 19.2 Å². The highest BCUT2D eigenvalue weighted by atomic mass is 16.7. The molecule has 2 N–H and O–H groups in total. The summed E-state index contributed by atoms with van der Waals surface area (Å²) in [5.41, 5.74) is 5.35. The molecule has 0 bridgehead atoms. The minimum Gasteiger partial charge on any atom is -0.468 e. The van der Waals surface area contributed by atoms with Crippen LogP contribution in [0.1, 0.15) is 86.1 Å². The minimum atomic E-state index is -1.57. The molecule has 232 valence electrons. The van der Waals surface area contributed by atoms with Gasteiger partial charge in [0.1, 0.15) is 17.7 Å². The van der Waals surface area contributed by atoms with Gasteiger partial charge in [0, 0.05) is 12.8 Å². The number of carbonyl (C=O) groups is 4. The van der Waals surface area contributed by atoms with Crippen LogP contribution in [0.3, 0.4) is 0 Å². The molecule has 2 unspecified atom stereocenters. The van der Waals surface area contributed by atoms with E-state index in [4.69, 9.17) is 34.2 Å². The third kappa shape index (κ3) is 12.4. The molecular formula is C30H47NO10. The largest absolute Gasteiger partial charge is 0.514 e. The van der Waals surface area contributed by atoms with E-state index in [1.165, 1.54) is 19.2 Å². The number of methoxy groups -OCH3 is 1. The van der Waals surface area contributed by atoms with Gasteiger partial charge in [-0.3, -0.25) is 9.59 Å². The smallest absolute Gasteiger partial charge is 0.468 e. The first kappa shape index (κ1) is 35.7. The normalized spacial score (nSPS) is 14.7. The van der Waals surface area contributed by atoms with Crippen LogP contribution in [0, 0.1) is 11.8 Å². The van der Waals surface area contributed by atoms with Crippen molar-refractivity contribution in [3.8, 4) is 11.5 Å². The second kappa shape index (κ2) is 17.5. The minimum absolute atomic E-state index is 0.0249. The Morgan fingerprint density at radius 3 is 1.88 bits per heavy atom. The van der Waals surface area contributed by atoms with Gasteiger partial charge in [-0.2, -0.15) is 0 Å². The number of esters is 2. The number of hydrogen-bond donors (Lipinski definition) is 1. The van der Waals surface area contributed by atoms with Gasteiger partial charge in [0.25, 0.3) is 0 Å². The van der Waals surface area contributed by atoms with E-state index in [0.29, 0.717) is 18.4 Å². The fourth-order valence-corrected chi connectivity index (χ4v) is 3.88. The van der Waals surface area contributed by atoms with Crippen molar-refractivity contribution in [2.45, 2.75) is 105 Å². The van der Waals surface area contributed by atoms with Crippen LogP contribution in [0.25, 0.3) is 0 Å². The molecule has 1 aromatic carbocycles. The van der Waals surface area contributed by atoms with Crippen molar-refractivity contribution < 1.29 is 47.6 Å². The molecule has 11 nitrogen and oxygen atoms in total. The monoisotopic (exact) mass is 581 g/mol. The number of nitrogens with two attached hydrogens (primary N) is 1. The van der Waals surface area contributed by atoms with Crippen molar-refractivity contribution in [1.82, 2.24) is 0 Å². The zero-order chi connectivity index (χ0) is 31.2. The van der Waals surface area contributed by atoms with Gasteiger partial charge in [-0.1, -0.05) is 53.5 Å². The lowest BCUT2D eigenvalue weighted by Gasteiger charge is -2.27. The van der Waals surface area contributed by atoms with Gasteiger partial charge in [0.05, 0.1) is 19.6 Å². The highest BCUT2D eigenvalue weighted by molar-refractivity contribution is 5.81. The Bertz CT molecular complexity index is 1010. The predicted octanol–water partition coefficient (Wildman–Crippen LogP) is 5.73. The lowest BCUT2D eigenvalue weighted by Crippen LogP contribution is -2.51. The van der Waals surface area contributed by atoms with Crippen LogP contribution >= 0.6 is 0 Å². The van der Waals surface area contributed by atoms with Crippen molar-refractivity contribution in [3.63, 3.8) is 0 Å². The maximum absolute atomic E-state index is 12.7. The van der Waals surface area contributed by atoms with E-state index in [2.05, 4.69) is 0 Å². The topological polar surface area (TPSA) is 150 Å². The standard InChI is InChI=1S/C30H47NO10/c1-9-11-20(5)38-28(34)40-24-14-13-23(17-25(24)41-29(35)39-21(6)12-10-2)18-30(31,27(33)36-8)15-16-37-26(32)22(7)19(3)4/h13-14,17,19-22H,9-12,15-16,18,31H2,1-8H3/t20-,21?,22?,30+/m0/s1. The number of carbonyl (C=O) groups excluding carboxylic acids is 4. The van der Waals surface area contributed by atoms with Gasteiger partial charge < -0.3 is 34.2 Å². The van der Waals surface area contributed by atoms with E-state index in [0.717, 1.165) is 12.8 Å². The molecule has 0 saturated heterocycles. The zero-order valence-electron chi connectivity index (χ0n) is 25.7. The van der Waals surface area contributed by atoms with Crippen molar-refractivity contribution >= 4 is 24.2 Å². The van der Waals surface area contributed by atoms with Crippen LogP contribution in [0.2, 0.25) is 0 Å². The number of ether oxygens (including phenoxy) is 6. The Morgan fingerprint density at radius 2 is 1.39 bits per heavy atom. The van der Waals surface area contributed by atoms with Crippen LogP contribution in [-0.4, -0.2) is 55.7 Å². The summed E-state index contributed by atoms with van der Waals surface area (Å²) in [7, 11) is 1.21. The lowest BCUT2D eigenvalue weighted by molar-refractivity contribution is -0.153. The summed E-state index contributed by atoms with van der Waals surface area (Å²) in [6.45, 7) is 12.9. The van der Waals surface area contributed by atoms with Gasteiger partial charge in [0.2, 0.25) is 0 Å². The fraction of sp³-hybridized carbons (Fsp3) is 0.667. The first-order valence-corrected chi connectivity index (χ1v) is 14.2. The highest BCUT2D eigenvalue weighted by Crippen LogP contribution is 2.31. The van der Waals surface area contributed by atoms with Crippen LogP contribution in [0.4, 0.5) is 9.59 Å². The first-order chi connectivity index (χ1) is 19.3. The third-order valence-electron chi connectivity index (χ3n) is 6.66. The molecule has 0 amide bonds. The predicted molar refractivity (Wildman–Crippen MR) is 152 cm³/mol. The van der Waals surface area contributed by atoms with Crippen LogP contribution < -0.4 is 15.2 Å². The van der Waals surface area contributed by atoms with Crippen molar-refractivity contribution in [3.05, 3.63) is 23.8 Å². The summed E-state index contributed by atoms with van der Waals surface area (Å²) < 4.78 is 31.5. The van der Waals surface area contributed by atoms with E-state index in [1.54, 1.807) is 26.8 Å². The summed E-state index contributed by atoms with van der Waals surface area (Å²) in [6, 6.07) is 4.38. The van der Waals surface area contributed by atoms with Gasteiger partial charge in [-0.15, -0.1) is 0 Å². The number of benzene rings is 1. The van der Waals surface area contributed by atoms with Crippen LogP contribution in [0.5, 0.6) is 11.5 Å². The molecule has 0 aliphatic carbocycles. The molecule has 1 rings (SSSR count). The van der Waals surface area contributed by atoms with Gasteiger partial charge >= 0.3 is 24.2 Å². The molecule has 0 aromatic heterocycles. The third-order valence-corrected chi connectivity index (χ3v) is 6.66. The first-order valence-electron chi connectivity index (χ1n) is 14.2. The number of rotatable bonds is 16. The summed E-state index contributed by atoms with van der Waals surface area (Å²) in [4.78, 5) is 49.8. The van der Waals surface area contributed by atoms with E-state index in [1.807, 2.05) is 27.7 Å². The maximum Gasteiger partial charge on any atom is 0.514 e. The Kier molecular flexibility index (Phi) is 15.2. The Labute approximate surface area is 243 Å². The molecule has 11 heteroatoms. The lowest BCUT2D eigenvalue weighted by atomic mass is 9.88. The van der Waals surface area contributed by atoms with E-state index >= 15 is 0 Å². The summed E-state index contributed by atoms with van der Waals surface area (Å²) in [5.74, 6) is -1.53. The van der Waals surface area contributed by atoms with Gasteiger partial charge in [0.15, 0.2) is 11.5 Å². The molecule has 0 aliphatic rings. The molecule has 0 radical (unpaired) electrons. The number of hydrogen-bond acceptors (Lipinski definition) is 11. The van der Waals surface area contributed by atoms with Gasteiger partial charge in [-0.05, 0) is 50.3 Å². The van der Waals surface area contributed by atoms with Crippen LogP contribution in [-0.2, 0) is 35.0 Å². The molecule has 0 saturated carbocycles. The quantitative estimate of drug-likeness (QED) is 0.145. The maximum atomic E-state index is 12.7. The zero-order valence-corrected chi connectivity index (χ0v) is 25.7. The molecular weight excluding hydrogens is 534 g/mol. The Hall–Kier alpha value is -3.34. The molecule has 0 fully saturated rings. The van der Waals surface area contributed by atoms with Gasteiger partial charge in [-0.25, -0.2) is 9.59 Å². The molecule has 41 heavy (non-hydrogen) atoms. The summed E-state index contributed by atoms with van der Waals surface area (Å²) >= 11 is 0. The highest BCUT2D eigenvalue weighted by Gasteiger charge is 2.36. The Morgan fingerprint density at radius 1 is 0.854 bits per heavy atom. The average molecular weight is 582 g/mol. The van der Waals surface area contributed by atoms with Crippen molar-refractivity contribution in [2.75, 3.05) is 13.7 Å². The summed E-state index contributed by atoms with van der Waals surface area (Å²) in [5, 5.41) is 0. The van der Waals surface area contributed by atoms with E-state index < -0.39 is 29.9 Å². The fourth-order valence-electron chi connectivity index (χ4n) is 3.88. The molecule has 0 spiro atoms. The summed E-state index contributed by atoms with van der Waals surface area (Å²) in [6.07, 6.45) is 0.106. The SMILES string of the molecule is CCCC(C)OC(=O)Oc1cc(C[C@](N)(CCOC(=O)C(C)C(C)C)C(=O)OC)ccc1OC(=O)O[C@@H](C)CCC. The Balaban J connectivity index is 3.21.